The highest BCUT2D eigenvalue weighted by Crippen LogP contribution is 2.71. The summed E-state index contributed by atoms with van der Waals surface area (Å²) < 4.78 is 0. The zero-order valence-corrected chi connectivity index (χ0v) is 15.3. The van der Waals surface area contributed by atoms with Gasteiger partial charge in [-0.3, -0.25) is 0 Å². The number of hydrogen-bond acceptors (Lipinski definition) is 2. The van der Waals surface area contributed by atoms with Crippen LogP contribution < -0.4 is 11.5 Å². The van der Waals surface area contributed by atoms with E-state index in [9.17, 15) is 0 Å². The van der Waals surface area contributed by atoms with Crippen molar-refractivity contribution in [2.45, 2.75) is 82.6 Å². The third-order valence-corrected chi connectivity index (χ3v) is 10.3. The summed E-state index contributed by atoms with van der Waals surface area (Å²) >= 11 is 0. The van der Waals surface area contributed by atoms with E-state index in [1.165, 1.54) is 77.0 Å². The average Bonchev–Trinajstić information content (AvgIpc) is 2.51. The van der Waals surface area contributed by atoms with Crippen LogP contribution in [-0.4, -0.2) is 12.1 Å². The first-order valence-corrected chi connectivity index (χ1v) is 11.0. The van der Waals surface area contributed by atoms with Crippen LogP contribution in [0.5, 0.6) is 0 Å². The molecule has 24 heavy (non-hydrogen) atoms. The van der Waals surface area contributed by atoms with Crippen LogP contribution in [0.3, 0.4) is 0 Å². The zero-order chi connectivity index (χ0) is 16.2. The molecule has 0 spiro atoms. The van der Waals surface area contributed by atoms with Gasteiger partial charge < -0.3 is 11.5 Å². The fourth-order valence-corrected chi connectivity index (χ4v) is 10.3. The van der Waals surface area contributed by atoms with E-state index in [0.717, 1.165) is 42.1 Å². The predicted octanol–water partition coefficient (Wildman–Crippen LogP) is 4.08. The molecule has 0 aromatic carbocycles. The lowest BCUT2D eigenvalue weighted by Crippen LogP contribution is -2.75. The highest BCUT2D eigenvalue weighted by Gasteiger charge is 2.68. The summed E-state index contributed by atoms with van der Waals surface area (Å²) in [6.45, 7) is 0.755. The minimum Gasteiger partial charge on any atom is -0.329 e. The van der Waals surface area contributed by atoms with Crippen LogP contribution in [0.1, 0.15) is 77.0 Å². The van der Waals surface area contributed by atoms with Gasteiger partial charge in [-0.2, -0.15) is 0 Å². The molecule has 8 saturated carbocycles. The maximum Gasteiger partial charge on any atom is 0.0393 e. The summed E-state index contributed by atoms with van der Waals surface area (Å²) in [5, 5.41) is 0. The molecular weight excluding hydrogens is 292 g/mol. The van der Waals surface area contributed by atoms with Crippen LogP contribution in [0.25, 0.3) is 0 Å². The van der Waals surface area contributed by atoms with Crippen molar-refractivity contribution in [3.05, 3.63) is 0 Å². The van der Waals surface area contributed by atoms with Crippen molar-refractivity contribution in [2.24, 2.45) is 57.8 Å². The van der Waals surface area contributed by atoms with Crippen LogP contribution >= 0.6 is 0 Å². The number of rotatable bonds is 3. The monoisotopic (exact) mass is 328 g/mol. The topological polar surface area (TPSA) is 52.0 Å². The van der Waals surface area contributed by atoms with Gasteiger partial charge in [0, 0.05) is 12.1 Å². The SMILES string of the molecule is NCC(N)(C12CC3CC(CC(C3)C1)C2)C12CC3CC(CC(C3)C1)C2. The van der Waals surface area contributed by atoms with Gasteiger partial charge in [-0.1, -0.05) is 0 Å². The molecule has 0 atom stereocenters. The quantitative estimate of drug-likeness (QED) is 0.820. The summed E-state index contributed by atoms with van der Waals surface area (Å²) in [5.74, 6) is 5.91. The van der Waals surface area contributed by atoms with Gasteiger partial charge in [0.15, 0.2) is 0 Å². The van der Waals surface area contributed by atoms with Crippen molar-refractivity contribution in [2.75, 3.05) is 6.54 Å². The highest BCUT2D eigenvalue weighted by atomic mass is 14.9. The van der Waals surface area contributed by atoms with Gasteiger partial charge in [-0.05, 0) is 123 Å². The third kappa shape index (κ3) is 1.71. The minimum atomic E-state index is -0.0635. The molecule has 8 fully saturated rings. The predicted molar refractivity (Wildman–Crippen MR) is 97.2 cm³/mol. The molecule has 2 heteroatoms. The van der Waals surface area contributed by atoms with Gasteiger partial charge in [0.05, 0.1) is 0 Å². The second-order valence-electron chi connectivity index (χ2n) is 11.6. The average molecular weight is 329 g/mol. The van der Waals surface area contributed by atoms with Gasteiger partial charge in [0.25, 0.3) is 0 Å². The maximum absolute atomic E-state index is 7.57. The van der Waals surface area contributed by atoms with Crippen molar-refractivity contribution < 1.29 is 0 Å². The molecule has 8 rings (SSSR count). The van der Waals surface area contributed by atoms with Crippen molar-refractivity contribution in [3.63, 3.8) is 0 Å². The molecule has 0 aliphatic heterocycles. The first kappa shape index (κ1) is 15.0. The van der Waals surface area contributed by atoms with Crippen molar-refractivity contribution in [3.8, 4) is 0 Å². The van der Waals surface area contributed by atoms with E-state index in [2.05, 4.69) is 0 Å². The van der Waals surface area contributed by atoms with Crippen molar-refractivity contribution in [1.82, 2.24) is 0 Å². The molecule has 0 radical (unpaired) electrons. The molecule has 134 valence electrons. The Morgan fingerprint density at radius 3 is 1.04 bits per heavy atom. The molecule has 8 aliphatic carbocycles. The largest absolute Gasteiger partial charge is 0.329 e. The van der Waals surface area contributed by atoms with Gasteiger partial charge in [0.2, 0.25) is 0 Å². The Bertz CT molecular complexity index is 436. The Hall–Kier alpha value is -0.0800. The Balaban J connectivity index is 1.43. The fourth-order valence-electron chi connectivity index (χ4n) is 10.3. The van der Waals surface area contributed by atoms with Gasteiger partial charge in [-0.15, -0.1) is 0 Å². The van der Waals surface area contributed by atoms with E-state index in [1.807, 2.05) is 0 Å². The highest BCUT2D eigenvalue weighted by molar-refractivity contribution is 5.22. The number of hydrogen-bond donors (Lipinski definition) is 2. The fraction of sp³-hybridized carbons (Fsp3) is 1.00. The van der Waals surface area contributed by atoms with Gasteiger partial charge in [0.1, 0.15) is 0 Å². The van der Waals surface area contributed by atoms with E-state index in [0.29, 0.717) is 10.8 Å². The first-order valence-electron chi connectivity index (χ1n) is 11.0. The number of nitrogens with two attached hydrogens (primary N) is 2. The van der Waals surface area contributed by atoms with E-state index in [-0.39, 0.29) is 5.54 Å². The van der Waals surface area contributed by atoms with Crippen LogP contribution in [0.4, 0.5) is 0 Å². The van der Waals surface area contributed by atoms with E-state index >= 15 is 0 Å². The summed E-state index contributed by atoms with van der Waals surface area (Å²) in [7, 11) is 0. The Labute approximate surface area is 147 Å². The lowest BCUT2D eigenvalue weighted by molar-refractivity contribution is -0.181. The molecule has 0 unspecified atom stereocenters. The molecule has 0 aromatic heterocycles. The molecule has 0 amide bonds. The third-order valence-electron chi connectivity index (χ3n) is 10.3. The van der Waals surface area contributed by atoms with E-state index in [1.54, 1.807) is 0 Å². The Kier molecular flexibility index (Phi) is 2.88. The Morgan fingerprint density at radius 1 is 0.583 bits per heavy atom. The molecular formula is C22H36N2. The summed E-state index contributed by atoms with van der Waals surface area (Å²) in [6, 6.07) is 0. The first-order chi connectivity index (χ1) is 11.5. The van der Waals surface area contributed by atoms with E-state index < -0.39 is 0 Å². The van der Waals surface area contributed by atoms with Crippen molar-refractivity contribution >= 4 is 0 Å². The molecule has 2 nitrogen and oxygen atoms in total. The van der Waals surface area contributed by atoms with Crippen LogP contribution in [0.2, 0.25) is 0 Å². The van der Waals surface area contributed by atoms with Crippen LogP contribution in [0.15, 0.2) is 0 Å². The summed E-state index contributed by atoms with van der Waals surface area (Å²) in [4.78, 5) is 0. The Morgan fingerprint density at radius 2 is 0.833 bits per heavy atom. The van der Waals surface area contributed by atoms with Crippen LogP contribution in [0, 0.1) is 46.3 Å². The molecule has 0 heterocycles. The minimum absolute atomic E-state index is 0.0635. The summed E-state index contributed by atoms with van der Waals surface area (Å²) in [6.07, 6.45) is 17.6. The van der Waals surface area contributed by atoms with E-state index in [4.69, 9.17) is 11.5 Å². The van der Waals surface area contributed by atoms with Gasteiger partial charge >= 0.3 is 0 Å². The molecule has 8 aliphatic rings. The maximum atomic E-state index is 7.57. The zero-order valence-electron chi connectivity index (χ0n) is 15.3. The molecule has 0 aromatic rings. The van der Waals surface area contributed by atoms with Crippen LogP contribution in [-0.2, 0) is 0 Å². The standard InChI is InChI=1S/C22H36N2/c23-13-22(24,20-7-14-1-15(8-20)3-16(2-14)9-20)21-10-17-4-18(11-21)6-19(5-17)12-21/h14-19H,1-13,23-24H2. The second-order valence-corrected chi connectivity index (χ2v) is 11.6. The lowest BCUT2D eigenvalue weighted by atomic mass is 9.35. The summed E-state index contributed by atoms with van der Waals surface area (Å²) in [5.41, 5.74) is 14.9. The smallest absolute Gasteiger partial charge is 0.0393 e. The normalized spacial score (nSPS) is 59.8. The van der Waals surface area contributed by atoms with Crippen molar-refractivity contribution in [1.29, 1.82) is 0 Å². The lowest BCUT2D eigenvalue weighted by Gasteiger charge is -2.71. The molecule has 4 N–H and O–H groups in total. The molecule has 8 bridgehead atoms. The molecule has 0 saturated heterocycles. The second kappa shape index (κ2) is 4.60. The van der Waals surface area contributed by atoms with Gasteiger partial charge in [-0.25, -0.2) is 0 Å².